The van der Waals surface area contributed by atoms with E-state index in [1.165, 1.54) is 12.8 Å². The Morgan fingerprint density at radius 2 is 2.21 bits per heavy atom. The summed E-state index contributed by atoms with van der Waals surface area (Å²) in [7, 11) is 1.68. The van der Waals surface area contributed by atoms with Gasteiger partial charge in [0.15, 0.2) is 0 Å². The number of halogens is 1. The number of methoxy groups -OCH3 is 1. The fourth-order valence-electron chi connectivity index (χ4n) is 1.61. The summed E-state index contributed by atoms with van der Waals surface area (Å²) >= 11 is 3.52. The van der Waals surface area contributed by atoms with Gasteiger partial charge in [-0.05, 0) is 42.5 Å². The molecular weight excluding hydrogens is 242 g/mol. The van der Waals surface area contributed by atoms with E-state index in [9.17, 15) is 0 Å². The van der Waals surface area contributed by atoms with Crippen molar-refractivity contribution in [1.82, 2.24) is 0 Å². The van der Waals surface area contributed by atoms with Crippen molar-refractivity contribution >= 4 is 15.9 Å². The molecule has 3 heteroatoms. The molecule has 0 aliphatic heterocycles. The zero-order valence-corrected chi connectivity index (χ0v) is 9.75. The third-order valence-corrected chi connectivity index (χ3v) is 3.41. The van der Waals surface area contributed by atoms with Gasteiger partial charge < -0.3 is 10.5 Å². The summed E-state index contributed by atoms with van der Waals surface area (Å²) in [5.74, 6) is 1.54. The van der Waals surface area contributed by atoms with Crippen molar-refractivity contribution in [1.29, 1.82) is 0 Å². The van der Waals surface area contributed by atoms with Gasteiger partial charge in [0, 0.05) is 10.5 Å². The maximum absolute atomic E-state index is 6.14. The molecule has 1 aliphatic rings. The Balaban J connectivity index is 2.29. The van der Waals surface area contributed by atoms with Gasteiger partial charge in [-0.3, -0.25) is 0 Å². The van der Waals surface area contributed by atoms with Gasteiger partial charge in [0.05, 0.1) is 7.11 Å². The Labute approximate surface area is 92.6 Å². The second-order valence-electron chi connectivity index (χ2n) is 3.75. The highest BCUT2D eigenvalue weighted by molar-refractivity contribution is 9.10. The maximum Gasteiger partial charge on any atom is 0.119 e. The summed E-state index contributed by atoms with van der Waals surface area (Å²) < 4.78 is 6.26. The Morgan fingerprint density at radius 3 is 2.79 bits per heavy atom. The summed E-state index contributed by atoms with van der Waals surface area (Å²) in [6, 6.07) is 6.11. The minimum atomic E-state index is 0.152. The predicted molar refractivity (Wildman–Crippen MR) is 60.3 cm³/mol. The van der Waals surface area contributed by atoms with Gasteiger partial charge in [-0.2, -0.15) is 0 Å². The van der Waals surface area contributed by atoms with Gasteiger partial charge >= 0.3 is 0 Å². The van der Waals surface area contributed by atoms with E-state index in [2.05, 4.69) is 15.9 Å². The number of hydrogen-bond donors (Lipinski definition) is 1. The van der Waals surface area contributed by atoms with Crippen LogP contribution < -0.4 is 10.5 Å². The summed E-state index contributed by atoms with van der Waals surface area (Å²) in [6.45, 7) is 0. The maximum atomic E-state index is 6.14. The molecule has 0 amide bonds. The van der Waals surface area contributed by atoms with Crippen LogP contribution >= 0.6 is 15.9 Å². The number of rotatable bonds is 3. The lowest BCUT2D eigenvalue weighted by atomic mass is 10.0. The molecule has 0 heterocycles. The van der Waals surface area contributed by atoms with Crippen molar-refractivity contribution in [3.8, 4) is 5.75 Å². The topological polar surface area (TPSA) is 35.2 Å². The van der Waals surface area contributed by atoms with E-state index >= 15 is 0 Å². The van der Waals surface area contributed by atoms with E-state index in [1.54, 1.807) is 7.11 Å². The molecule has 2 N–H and O–H groups in total. The number of benzene rings is 1. The highest BCUT2D eigenvalue weighted by Crippen LogP contribution is 2.42. The second kappa shape index (κ2) is 3.91. The fourth-order valence-corrected chi connectivity index (χ4v) is 2.12. The average Bonchev–Trinajstić information content (AvgIpc) is 3.01. The molecule has 1 aromatic carbocycles. The minimum absolute atomic E-state index is 0.152. The predicted octanol–water partition coefficient (Wildman–Crippen LogP) is 2.87. The van der Waals surface area contributed by atoms with E-state index in [4.69, 9.17) is 10.5 Å². The molecule has 1 unspecified atom stereocenters. The van der Waals surface area contributed by atoms with Gasteiger partial charge in [-0.25, -0.2) is 0 Å². The van der Waals surface area contributed by atoms with Crippen molar-refractivity contribution in [2.24, 2.45) is 11.7 Å². The molecule has 1 fully saturated rings. The van der Waals surface area contributed by atoms with Crippen LogP contribution in [0.15, 0.2) is 22.7 Å². The second-order valence-corrected chi connectivity index (χ2v) is 4.60. The molecule has 0 spiro atoms. The molecule has 1 aromatic rings. The third-order valence-electron chi connectivity index (χ3n) is 2.69. The molecule has 1 aliphatic carbocycles. The van der Waals surface area contributed by atoms with Crippen LogP contribution in [-0.4, -0.2) is 7.11 Å². The largest absolute Gasteiger partial charge is 0.497 e. The molecule has 14 heavy (non-hydrogen) atoms. The zero-order valence-electron chi connectivity index (χ0n) is 8.16. The quantitative estimate of drug-likeness (QED) is 0.902. The molecule has 1 atom stereocenters. The van der Waals surface area contributed by atoms with E-state index in [0.29, 0.717) is 5.92 Å². The Bertz CT molecular complexity index is 336. The summed E-state index contributed by atoms with van der Waals surface area (Å²) in [4.78, 5) is 0. The highest BCUT2D eigenvalue weighted by Gasteiger charge is 2.30. The SMILES string of the molecule is COc1ccc(Br)c(C(N)C2CC2)c1. The first-order chi connectivity index (χ1) is 6.72. The van der Waals surface area contributed by atoms with Gasteiger partial charge in [0.2, 0.25) is 0 Å². The monoisotopic (exact) mass is 255 g/mol. The lowest BCUT2D eigenvalue weighted by molar-refractivity contribution is 0.413. The Morgan fingerprint density at radius 1 is 1.50 bits per heavy atom. The average molecular weight is 256 g/mol. The van der Waals surface area contributed by atoms with Crippen LogP contribution in [0.25, 0.3) is 0 Å². The van der Waals surface area contributed by atoms with Crippen LogP contribution in [0.1, 0.15) is 24.4 Å². The fraction of sp³-hybridized carbons (Fsp3) is 0.455. The van der Waals surface area contributed by atoms with Crippen molar-refractivity contribution in [2.45, 2.75) is 18.9 Å². The van der Waals surface area contributed by atoms with Crippen molar-refractivity contribution < 1.29 is 4.74 Å². The van der Waals surface area contributed by atoms with Crippen LogP contribution in [0.5, 0.6) is 5.75 Å². The van der Waals surface area contributed by atoms with Crippen molar-refractivity contribution in [3.05, 3.63) is 28.2 Å². The lowest BCUT2D eigenvalue weighted by Gasteiger charge is -2.13. The summed E-state index contributed by atoms with van der Waals surface area (Å²) in [5.41, 5.74) is 7.30. The van der Waals surface area contributed by atoms with Crippen LogP contribution in [0.3, 0.4) is 0 Å². The lowest BCUT2D eigenvalue weighted by Crippen LogP contribution is -2.13. The first-order valence-corrected chi connectivity index (χ1v) is 5.60. The molecule has 0 saturated heterocycles. The smallest absolute Gasteiger partial charge is 0.119 e. The van der Waals surface area contributed by atoms with E-state index in [1.807, 2.05) is 18.2 Å². The van der Waals surface area contributed by atoms with Crippen molar-refractivity contribution in [2.75, 3.05) is 7.11 Å². The molecule has 76 valence electrons. The van der Waals surface area contributed by atoms with Crippen LogP contribution in [-0.2, 0) is 0 Å². The Hall–Kier alpha value is -0.540. The molecule has 2 rings (SSSR count). The molecule has 2 nitrogen and oxygen atoms in total. The van der Waals surface area contributed by atoms with Gasteiger partial charge in [0.1, 0.15) is 5.75 Å². The number of hydrogen-bond acceptors (Lipinski definition) is 2. The van der Waals surface area contributed by atoms with Gasteiger partial charge in [0.25, 0.3) is 0 Å². The minimum Gasteiger partial charge on any atom is -0.497 e. The van der Waals surface area contributed by atoms with Crippen LogP contribution in [0.2, 0.25) is 0 Å². The first-order valence-electron chi connectivity index (χ1n) is 4.81. The van der Waals surface area contributed by atoms with Crippen molar-refractivity contribution in [3.63, 3.8) is 0 Å². The van der Waals surface area contributed by atoms with Gasteiger partial charge in [-0.15, -0.1) is 0 Å². The summed E-state index contributed by atoms with van der Waals surface area (Å²) in [6.07, 6.45) is 2.51. The normalized spacial score (nSPS) is 17.9. The first kappa shape index (κ1) is 9.99. The van der Waals surface area contributed by atoms with E-state index in [0.717, 1.165) is 15.8 Å². The molecule has 0 radical (unpaired) electrons. The number of ether oxygens (including phenoxy) is 1. The molecule has 1 saturated carbocycles. The standard InChI is InChI=1S/C11H14BrNO/c1-14-8-4-5-10(12)9(6-8)11(13)7-2-3-7/h4-7,11H,2-3,13H2,1H3. The van der Waals surface area contributed by atoms with Crippen LogP contribution in [0.4, 0.5) is 0 Å². The molecule has 0 bridgehead atoms. The van der Waals surface area contributed by atoms with Gasteiger partial charge in [-0.1, -0.05) is 15.9 Å². The highest BCUT2D eigenvalue weighted by atomic mass is 79.9. The molecular formula is C11H14BrNO. The number of nitrogens with two attached hydrogens (primary N) is 1. The van der Waals surface area contributed by atoms with E-state index in [-0.39, 0.29) is 6.04 Å². The Kier molecular flexibility index (Phi) is 2.79. The zero-order chi connectivity index (χ0) is 10.1. The third kappa shape index (κ3) is 1.93. The molecule has 0 aromatic heterocycles. The van der Waals surface area contributed by atoms with E-state index < -0.39 is 0 Å². The summed E-state index contributed by atoms with van der Waals surface area (Å²) in [5, 5.41) is 0. The van der Waals surface area contributed by atoms with Crippen LogP contribution in [0, 0.1) is 5.92 Å².